The molecule has 0 aliphatic carbocycles. The lowest BCUT2D eigenvalue weighted by molar-refractivity contribution is -0.112. The number of amides is 2. The number of fused-ring (bicyclic) bond motifs is 1. The first-order valence-corrected chi connectivity index (χ1v) is 10.8. The number of carbonyl (C=O) groups is 2. The van der Waals surface area contributed by atoms with Gasteiger partial charge in [0.1, 0.15) is 0 Å². The highest BCUT2D eigenvalue weighted by atomic mass is 16.5. The number of ether oxygens (including phenoxy) is 1. The SMILES string of the molecule is Cc1cccc(N2C(=O)/C(=C\c3ccc(N4CCOCC4)cc3)c3ccccc3C2=O)c1. The normalized spacial score (nSPS) is 17.6. The third-order valence-electron chi connectivity index (χ3n) is 5.92. The van der Waals surface area contributed by atoms with E-state index in [1.165, 1.54) is 4.90 Å². The summed E-state index contributed by atoms with van der Waals surface area (Å²) in [6, 6.07) is 22.9. The predicted octanol–water partition coefficient (Wildman–Crippen LogP) is 4.56. The highest BCUT2D eigenvalue weighted by Crippen LogP contribution is 2.34. The van der Waals surface area contributed by atoms with Gasteiger partial charge in [-0.15, -0.1) is 0 Å². The number of hydrogen-bond acceptors (Lipinski definition) is 4. The summed E-state index contributed by atoms with van der Waals surface area (Å²) in [5, 5.41) is 0. The van der Waals surface area contributed by atoms with E-state index in [0.29, 0.717) is 22.4 Å². The lowest BCUT2D eigenvalue weighted by Crippen LogP contribution is -2.41. The number of nitrogens with zero attached hydrogens (tertiary/aromatic N) is 2. The van der Waals surface area contributed by atoms with Gasteiger partial charge in [-0.2, -0.15) is 0 Å². The lowest BCUT2D eigenvalue weighted by Gasteiger charge is -2.29. The van der Waals surface area contributed by atoms with Crippen LogP contribution < -0.4 is 9.80 Å². The first-order chi connectivity index (χ1) is 15.6. The molecule has 2 aliphatic rings. The highest BCUT2D eigenvalue weighted by Gasteiger charge is 2.35. The number of rotatable bonds is 3. The second-order valence-corrected chi connectivity index (χ2v) is 8.08. The number of hydrogen-bond donors (Lipinski definition) is 0. The van der Waals surface area contributed by atoms with Crippen LogP contribution in [-0.4, -0.2) is 38.1 Å². The van der Waals surface area contributed by atoms with Gasteiger partial charge in [0.15, 0.2) is 0 Å². The Hall–Kier alpha value is -3.70. The minimum absolute atomic E-state index is 0.295. The predicted molar refractivity (Wildman–Crippen MR) is 127 cm³/mol. The van der Waals surface area contributed by atoms with Crippen molar-refractivity contribution in [3.8, 4) is 0 Å². The van der Waals surface area contributed by atoms with Crippen LogP contribution in [0.2, 0.25) is 0 Å². The van der Waals surface area contributed by atoms with Gasteiger partial charge in [-0.1, -0.05) is 42.5 Å². The number of morpholine rings is 1. The van der Waals surface area contributed by atoms with Crippen molar-refractivity contribution in [1.29, 1.82) is 0 Å². The number of carbonyl (C=O) groups excluding carboxylic acids is 2. The van der Waals surface area contributed by atoms with Crippen LogP contribution in [-0.2, 0) is 9.53 Å². The fourth-order valence-electron chi connectivity index (χ4n) is 4.26. The fraction of sp³-hybridized carbons (Fsp3) is 0.185. The molecule has 3 aromatic carbocycles. The molecule has 0 bridgehead atoms. The Labute approximate surface area is 187 Å². The standard InChI is InChI=1S/C27H24N2O3/c1-19-5-4-6-22(17-19)29-26(30)24-8-3-2-7-23(24)25(27(29)31)18-20-9-11-21(12-10-20)28-13-15-32-16-14-28/h2-12,17-18H,13-16H2,1H3/b25-18-. The summed E-state index contributed by atoms with van der Waals surface area (Å²) in [7, 11) is 0. The zero-order valence-corrected chi connectivity index (χ0v) is 18.0. The third-order valence-corrected chi connectivity index (χ3v) is 5.92. The van der Waals surface area contributed by atoms with Crippen LogP contribution in [0.3, 0.4) is 0 Å². The largest absolute Gasteiger partial charge is 0.378 e. The molecule has 0 unspecified atom stereocenters. The second kappa shape index (κ2) is 8.44. The van der Waals surface area contributed by atoms with Gasteiger partial charge in [-0.25, -0.2) is 4.90 Å². The minimum Gasteiger partial charge on any atom is -0.378 e. The van der Waals surface area contributed by atoms with Gasteiger partial charge in [0.2, 0.25) is 0 Å². The van der Waals surface area contributed by atoms with Crippen LogP contribution in [0.25, 0.3) is 11.6 Å². The minimum atomic E-state index is -0.309. The maximum absolute atomic E-state index is 13.5. The van der Waals surface area contributed by atoms with Gasteiger partial charge in [0.25, 0.3) is 11.8 Å². The fourth-order valence-corrected chi connectivity index (χ4v) is 4.26. The quantitative estimate of drug-likeness (QED) is 0.457. The van der Waals surface area contributed by atoms with Crippen LogP contribution in [0.15, 0.2) is 72.8 Å². The van der Waals surface area contributed by atoms with Gasteiger partial charge in [-0.3, -0.25) is 9.59 Å². The molecule has 0 spiro atoms. The summed E-state index contributed by atoms with van der Waals surface area (Å²) in [6.45, 7) is 5.17. The topological polar surface area (TPSA) is 49.9 Å². The van der Waals surface area contributed by atoms with Crippen molar-refractivity contribution in [2.45, 2.75) is 6.92 Å². The van der Waals surface area contributed by atoms with E-state index in [0.717, 1.165) is 43.1 Å². The summed E-state index contributed by atoms with van der Waals surface area (Å²) in [5.74, 6) is -0.604. The van der Waals surface area contributed by atoms with Crippen LogP contribution in [0, 0.1) is 6.92 Å². The molecular weight excluding hydrogens is 400 g/mol. The van der Waals surface area contributed by atoms with E-state index in [2.05, 4.69) is 17.0 Å². The Morgan fingerprint density at radius 3 is 2.22 bits per heavy atom. The summed E-state index contributed by atoms with van der Waals surface area (Å²) in [6.07, 6.45) is 1.87. The molecular formula is C27H24N2O3. The van der Waals surface area contributed by atoms with E-state index in [9.17, 15) is 9.59 Å². The van der Waals surface area contributed by atoms with Crippen molar-refractivity contribution < 1.29 is 14.3 Å². The average molecular weight is 425 g/mol. The van der Waals surface area contributed by atoms with Crippen molar-refractivity contribution in [3.05, 3.63) is 95.1 Å². The monoisotopic (exact) mass is 424 g/mol. The van der Waals surface area contributed by atoms with Crippen molar-refractivity contribution in [1.82, 2.24) is 0 Å². The molecule has 0 radical (unpaired) electrons. The van der Waals surface area contributed by atoms with E-state index in [-0.39, 0.29) is 11.8 Å². The Kier molecular flexibility index (Phi) is 5.33. The Morgan fingerprint density at radius 2 is 1.50 bits per heavy atom. The van der Waals surface area contributed by atoms with Crippen molar-refractivity contribution in [2.24, 2.45) is 0 Å². The smallest absolute Gasteiger partial charge is 0.265 e. The summed E-state index contributed by atoms with van der Waals surface area (Å²) in [4.78, 5) is 30.3. The van der Waals surface area contributed by atoms with Crippen molar-refractivity contribution in [3.63, 3.8) is 0 Å². The van der Waals surface area contributed by atoms with Gasteiger partial charge < -0.3 is 9.64 Å². The molecule has 0 saturated carbocycles. The first kappa shape index (κ1) is 20.2. The summed E-state index contributed by atoms with van der Waals surface area (Å²) < 4.78 is 5.43. The molecule has 5 rings (SSSR count). The first-order valence-electron chi connectivity index (χ1n) is 10.8. The number of anilines is 2. The van der Waals surface area contributed by atoms with Crippen molar-refractivity contribution >= 4 is 34.8 Å². The zero-order chi connectivity index (χ0) is 22.1. The van der Waals surface area contributed by atoms with Crippen molar-refractivity contribution in [2.75, 3.05) is 36.1 Å². The zero-order valence-electron chi connectivity index (χ0n) is 18.0. The molecule has 1 saturated heterocycles. The molecule has 2 heterocycles. The van der Waals surface area contributed by atoms with E-state index in [1.807, 2.05) is 61.5 Å². The molecule has 0 atom stereocenters. The van der Waals surface area contributed by atoms with E-state index in [1.54, 1.807) is 12.1 Å². The lowest BCUT2D eigenvalue weighted by atomic mass is 9.91. The third kappa shape index (κ3) is 3.72. The number of benzene rings is 3. The molecule has 32 heavy (non-hydrogen) atoms. The van der Waals surface area contributed by atoms with Gasteiger partial charge >= 0.3 is 0 Å². The molecule has 2 amide bonds. The van der Waals surface area contributed by atoms with Gasteiger partial charge in [0, 0.05) is 29.9 Å². The Morgan fingerprint density at radius 1 is 0.781 bits per heavy atom. The molecule has 5 nitrogen and oxygen atoms in total. The number of aryl methyl sites for hydroxylation is 1. The van der Waals surface area contributed by atoms with E-state index < -0.39 is 0 Å². The molecule has 3 aromatic rings. The molecule has 5 heteroatoms. The van der Waals surface area contributed by atoms with Crippen LogP contribution in [0.4, 0.5) is 11.4 Å². The van der Waals surface area contributed by atoms with Gasteiger partial charge in [0.05, 0.1) is 18.9 Å². The van der Waals surface area contributed by atoms with Crippen LogP contribution in [0.1, 0.15) is 27.0 Å². The summed E-state index contributed by atoms with van der Waals surface area (Å²) >= 11 is 0. The van der Waals surface area contributed by atoms with Crippen LogP contribution >= 0.6 is 0 Å². The highest BCUT2D eigenvalue weighted by molar-refractivity contribution is 6.43. The Balaban J connectivity index is 1.54. The van der Waals surface area contributed by atoms with Gasteiger partial charge in [-0.05, 0) is 60.0 Å². The molecule has 160 valence electrons. The maximum atomic E-state index is 13.5. The molecule has 2 aliphatic heterocycles. The van der Waals surface area contributed by atoms with E-state index >= 15 is 0 Å². The average Bonchev–Trinajstić information content (AvgIpc) is 2.83. The summed E-state index contributed by atoms with van der Waals surface area (Å²) in [5.41, 5.74) is 5.35. The molecule has 0 N–H and O–H groups in total. The number of imide groups is 1. The maximum Gasteiger partial charge on any atom is 0.265 e. The molecule has 1 fully saturated rings. The second-order valence-electron chi connectivity index (χ2n) is 8.08. The molecule has 0 aromatic heterocycles. The van der Waals surface area contributed by atoms with Crippen LogP contribution in [0.5, 0.6) is 0 Å². The van der Waals surface area contributed by atoms with E-state index in [4.69, 9.17) is 4.74 Å². The Bertz CT molecular complexity index is 1210.